The second-order valence-electron chi connectivity index (χ2n) is 15.0. The molecule has 4 heteroatoms. The van der Waals surface area contributed by atoms with E-state index in [4.69, 9.17) is 4.99 Å². The van der Waals surface area contributed by atoms with Crippen molar-refractivity contribution in [2.45, 2.75) is 38.3 Å². The summed E-state index contributed by atoms with van der Waals surface area (Å²) in [5.41, 5.74) is 13.0. The molecule has 2 atom stereocenters. The van der Waals surface area contributed by atoms with Crippen LogP contribution in [0.4, 0.5) is 0 Å². The lowest BCUT2D eigenvalue weighted by molar-refractivity contribution is 0.666. The number of amidine groups is 1. The van der Waals surface area contributed by atoms with Gasteiger partial charge in [-0.25, -0.2) is 0 Å². The number of nitrogens with zero attached hydrogens (tertiary/aromatic N) is 1. The van der Waals surface area contributed by atoms with Gasteiger partial charge in [0.1, 0.15) is 12.0 Å². The molecule has 1 aromatic heterocycles. The van der Waals surface area contributed by atoms with Crippen molar-refractivity contribution < 1.29 is 0 Å². The topological polar surface area (TPSA) is 48.2 Å². The van der Waals surface area contributed by atoms with E-state index in [-0.39, 0.29) is 0 Å². The van der Waals surface area contributed by atoms with E-state index in [1.54, 1.807) is 22.5 Å². The Balaban J connectivity index is 0.931. The lowest BCUT2D eigenvalue weighted by Crippen LogP contribution is -2.27. The normalized spacial score (nSPS) is 17.3. The molecule has 3 nitrogen and oxygen atoms in total. The highest BCUT2D eigenvalue weighted by atomic mass is 32.1. The first-order chi connectivity index (χ1) is 27.1. The number of hydrogen-bond acceptors (Lipinski definition) is 3. The first-order valence-electron chi connectivity index (χ1n) is 19.4. The second kappa shape index (κ2) is 14.3. The molecule has 3 aliphatic rings. The van der Waals surface area contributed by atoms with E-state index < -0.39 is 6.17 Å². The summed E-state index contributed by atoms with van der Waals surface area (Å²) in [4.78, 5) is 4.92. The van der Waals surface area contributed by atoms with Crippen LogP contribution in [0.15, 0.2) is 173 Å². The van der Waals surface area contributed by atoms with E-state index in [2.05, 4.69) is 115 Å². The van der Waals surface area contributed by atoms with Gasteiger partial charge in [0.15, 0.2) is 0 Å². The van der Waals surface area contributed by atoms with Crippen LogP contribution in [0.3, 0.4) is 0 Å². The minimum absolute atomic E-state index is 0.367. The summed E-state index contributed by atoms with van der Waals surface area (Å²) >= 11 is 1.80. The van der Waals surface area contributed by atoms with Crippen LogP contribution in [0.25, 0.3) is 42.6 Å². The van der Waals surface area contributed by atoms with E-state index in [1.165, 1.54) is 53.4 Å². The molecule has 1 heterocycles. The monoisotopic (exact) mass is 727 g/mol. The highest BCUT2D eigenvalue weighted by molar-refractivity contribution is 7.25. The summed E-state index contributed by atoms with van der Waals surface area (Å²) < 4.78 is 2.43. The fraction of sp³-hybridized carbons (Fsp3) is 0.137. The Bertz CT molecular complexity index is 2780. The molecule has 0 saturated heterocycles. The molecule has 0 amide bonds. The molecule has 3 aliphatic carbocycles. The van der Waals surface area contributed by atoms with E-state index in [0.29, 0.717) is 11.8 Å². The molecule has 7 aromatic rings. The molecule has 6 aromatic carbocycles. The number of thiophene rings is 1. The van der Waals surface area contributed by atoms with Crippen molar-refractivity contribution in [3.63, 3.8) is 0 Å². The molecule has 0 bridgehead atoms. The highest BCUT2D eigenvalue weighted by Crippen LogP contribution is 2.43. The number of aliphatic imine (C=N–C) groups is 1. The zero-order chi connectivity index (χ0) is 36.7. The number of allylic oxidation sites excluding steroid dienone is 7. The largest absolute Gasteiger partial charge is 0.345 e. The molecule has 266 valence electrons. The molecule has 0 spiro atoms. The van der Waals surface area contributed by atoms with Gasteiger partial charge in [-0.3, -0.25) is 10.4 Å². The van der Waals surface area contributed by atoms with Crippen molar-refractivity contribution >= 4 is 66.0 Å². The lowest BCUT2D eigenvalue weighted by atomic mass is 9.75. The summed E-state index contributed by atoms with van der Waals surface area (Å²) in [5, 5.41) is 17.9. The summed E-state index contributed by atoms with van der Waals surface area (Å²) in [7, 11) is 0. The number of rotatable bonds is 7. The number of benzene rings is 6. The van der Waals surface area contributed by atoms with Crippen molar-refractivity contribution in [3.05, 3.63) is 202 Å². The van der Waals surface area contributed by atoms with E-state index in [0.717, 1.165) is 54.2 Å². The van der Waals surface area contributed by atoms with Crippen molar-refractivity contribution in [1.82, 2.24) is 5.32 Å². The number of hydrogen-bond donors (Lipinski definition) is 2. The molecule has 2 N–H and O–H groups in total. The third-order valence-corrected chi connectivity index (χ3v) is 12.8. The van der Waals surface area contributed by atoms with Gasteiger partial charge in [-0.2, -0.15) is 0 Å². The molecule has 10 rings (SSSR count). The third-order valence-electron chi connectivity index (χ3n) is 11.6. The molecule has 55 heavy (non-hydrogen) atoms. The molecule has 2 unspecified atom stereocenters. The Morgan fingerprint density at radius 1 is 0.727 bits per heavy atom. The van der Waals surface area contributed by atoms with Gasteiger partial charge in [0.25, 0.3) is 0 Å². The van der Waals surface area contributed by atoms with Gasteiger partial charge in [-0.1, -0.05) is 145 Å². The van der Waals surface area contributed by atoms with Crippen LogP contribution in [-0.2, 0) is 6.42 Å². The fourth-order valence-corrected chi connectivity index (χ4v) is 9.86. The average Bonchev–Trinajstić information content (AvgIpc) is 3.63. The maximum absolute atomic E-state index is 9.39. The van der Waals surface area contributed by atoms with Crippen LogP contribution in [0.2, 0.25) is 0 Å². The molecular formula is C51H41N3S. The lowest BCUT2D eigenvalue weighted by Gasteiger charge is -2.30. The zero-order valence-electron chi connectivity index (χ0n) is 30.6. The third kappa shape index (κ3) is 6.47. The van der Waals surface area contributed by atoms with Gasteiger partial charge in [-0.05, 0) is 106 Å². The minimum Gasteiger partial charge on any atom is -0.345 e. The van der Waals surface area contributed by atoms with Crippen LogP contribution in [0, 0.1) is 11.3 Å². The second-order valence-corrected chi connectivity index (χ2v) is 16.0. The summed E-state index contributed by atoms with van der Waals surface area (Å²) in [6, 6.07) is 47.0. The maximum Gasteiger partial charge on any atom is 0.145 e. The molecule has 0 aliphatic heterocycles. The zero-order valence-corrected chi connectivity index (χ0v) is 31.5. The van der Waals surface area contributed by atoms with Gasteiger partial charge < -0.3 is 5.32 Å². The van der Waals surface area contributed by atoms with Crippen molar-refractivity contribution in [2.75, 3.05) is 0 Å². The smallest absolute Gasteiger partial charge is 0.145 e. The first-order valence-corrected chi connectivity index (χ1v) is 20.2. The van der Waals surface area contributed by atoms with Crippen LogP contribution in [0.1, 0.15) is 65.2 Å². The Morgan fingerprint density at radius 2 is 1.55 bits per heavy atom. The van der Waals surface area contributed by atoms with Crippen LogP contribution >= 0.6 is 11.3 Å². The van der Waals surface area contributed by atoms with E-state index in [9.17, 15) is 5.41 Å². The van der Waals surface area contributed by atoms with E-state index in [1.807, 2.05) is 54.7 Å². The van der Waals surface area contributed by atoms with Gasteiger partial charge >= 0.3 is 0 Å². The summed E-state index contributed by atoms with van der Waals surface area (Å²) in [5.74, 6) is 0.833. The molecule has 0 radical (unpaired) electrons. The van der Waals surface area contributed by atoms with Crippen molar-refractivity contribution in [1.29, 1.82) is 5.41 Å². The SMILES string of the molecule is N=C(NC(/N=C/c1ccccc1)c1ccccc1)c1cccc2sc3ccc(C4=CCC5C=C(C6=Cc7c(ccc8ccccc78)CC6)CCC5=C4)cc3c12. The molecule has 0 saturated carbocycles. The van der Waals surface area contributed by atoms with Crippen molar-refractivity contribution in [3.8, 4) is 0 Å². The van der Waals surface area contributed by atoms with E-state index >= 15 is 0 Å². The predicted octanol–water partition coefficient (Wildman–Crippen LogP) is 13.0. The predicted molar refractivity (Wildman–Crippen MR) is 234 cm³/mol. The molecular weight excluding hydrogens is 687 g/mol. The Morgan fingerprint density at radius 3 is 2.44 bits per heavy atom. The standard InChI is InChI=1S/C51H41N3S/c52-50(54-51(36-13-5-2-6-14-36)53-32-33-10-3-1-4-11-33)44-16-9-17-48-49(44)46-31-42(26-27-47(46)55-48)40-25-23-37-28-39(24-22-38(37)29-40)41-21-20-35-19-18-34-12-7-8-15-43(34)45(35)30-41/h1-19,25-32,37,51H,20-24H2,(H2,52,54)/b53-32+. The molecule has 0 fully saturated rings. The van der Waals surface area contributed by atoms with Crippen LogP contribution < -0.4 is 5.32 Å². The highest BCUT2D eigenvalue weighted by Gasteiger charge is 2.25. The first kappa shape index (κ1) is 33.5. The van der Waals surface area contributed by atoms with Gasteiger partial charge in [0.2, 0.25) is 0 Å². The number of fused-ring (bicyclic) bond motifs is 7. The van der Waals surface area contributed by atoms with Gasteiger partial charge in [0, 0.05) is 37.9 Å². The Hall–Kier alpha value is -6.10. The Kier molecular flexibility index (Phi) is 8.69. The fourth-order valence-electron chi connectivity index (χ4n) is 8.75. The Labute approximate surface area is 326 Å². The van der Waals surface area contributed by atoms with Gasteiger partial charge in [0.05, 0.1) is 0 Å². The summed E-state index contributed by atoms with van der Waals surface area (Å²) in [6.45, 7) is 0. The van der Waals surface area contributed by atoms with Crippen LogP contribution in [-0.4, -0.2) is 12.1 Å². The van der Waals surface area contributed by atoms with Crippen LogP contribution in [0.5, 0.6) is 0 Å². The van der Waals surface area contributed by atoms with Gasteiger partial charge in [-0.15, -0.1) is 11.3 Å². The summed E-state index contributed by atoms with van der Waals surface area (Å²) in [6.07, 6.45) is 17.0. The van der Waals surface area contributed by atoms with Crippen molar-refractivity contribution in [2.24, 2.45) is 10.9 Å². The minimum atomic E-state index is -0.397. The number of aryl methyl sites for hydroxylation is 1. The maximum atomic E-state index is 9.39. The average molecular weight is 728 g/mol. The number of nitrogens with one attached hydrogen (secondary N) is 2. The quantitative estimate of drug-likeness (QED) is 0.125.